The van der Waals surface area contributed by atoms with Crippen molar-refractivity contribution in [3.63, 3.8) is 0 Å². The molecule has 3 nitrogen and oxygen atoms in total. The second-order valence-corrected chi connectivity index (χ2v) is 8.32. The Balaban J connectivity index is 1.94. The van der Waals surface area contributed by atoms with Crippen LogP contribution in [0.1, 0.15) is 33.9 Å². The Morgan fingerprint density at radius 2 is 1.54 bits per heavy atom. The van der Waals surface area contributed by atoms with Crippen LogP contribution in [0.2, 0.25) is 0 Å². The summed E-state index contributed by atoms with van der Waals surface area (Å²) in [4.78, 5) is 0. The summed E-state index contributed by atoms with van der Waals surface area (Å²) in [5.41, 5.74) is 4.78. The van der Waals surface area contributed by atoms with Crippen molar-refractivity contribution in [3.8, 4) is 0 Å². The van der Waals surface area contributed by atoms with Crippen molar-refractivity contribution in [1.82, 2.24) is 4.72 Å². The molecule has 0 fully saturated rings. The molecule has 1 atom stereocenters. The summed E-state index contributed by atoms with van der Waals surface area (Å²) in [6.07, 6.45) is 0. The molecule has 1 N–H and O–H groups in total. The van der Waals surface area contributed by atoms with Crippen molar-refractivity contribution in [1.29, 1.82) is 0 Å². The molecule has 0 bridgehead atoms. The van der Waals surface area contributed by atoms with Gasteiger partial charge < -0.3 is 0 Å². The number of sulfonamides is 1. The summed E-state index contributed by atoms with van der Waals surface area (Å²) in [5, 5.41) is 0. The Bertz CT molecular complexity index is 982. The smallest absolute Gasteiger partial charge is 0.212 e. The molecule has 134 valence electrons. The van der Waals surface area contributed by atoms with Gasteiger partial charge in [0.15, 0.2) is 0 Å². The molecule has 0 aliphatic carbocycles. The second-order valence-electron chi connectivity index (χ2n) is 6.57. The van der Waals surface area contributed by atoms with Crippen LogP contribution in [-0.2, 0) is 15.8 Å². The summed E-state index contributed by atoms with van der Waals surface area (Å²) in [6, 6.07) is 24.7. The van der Waals surface area contributed by atoms with E-state index in [1.54, 1.807) is 0 Å². The van der Waals surface area contributed by atoms with Crippen molar-refractivity contribution < 1.29 is 8.42 Å². The van der Waals surface area contributed by atoms with Crippen LogP contribution < -0.4 is 4.72 Å². The minimum atomic E-state index is -3.51. The van der Waals surface area contributed by atoms with Gasteiger partial charge >= 0.3 is 0 Å². The Morgan fingerprint density at radius 1 is 0.846 bits per heavy atom. The van der Waals surface area contributed by atoms with Crippen LogP contribution in [0, 0.1) is 13.8 Å². The molecule has 3 aromatic carbocycles. The highest BCUT2D eigenvalue weighted by molar-refractivity contribution is 7.88. The summed E-state index contributed by atoms with van der Waals surface area (Å²) < 4.78 is 28.6. The summed E-state index contributed by atoms with van der Waals surface area (Å²) in [5.74, 6) is -0.0378. The number of aryl methyl sites for hydroxylation is 2. The zero-order chi connectivity index (χ0) is 18.6. The maximum atomic E-state index is 12.9. The van der Waals surface area contributed by atoms with Gasteiger partial charge in [0.05, 0.1) is 11.8 Å². The third-order valence-electron chi connectivity index (χ3n) is 4.37. The molecule has 3 aromatic rings. The monoisotopic (exact) mass is 365 g/mol. The molecule has 0 aliphatic heterocycles. The normalized spacial score (nSPS) is 12.7. The van der Waals surface area contributed by atoms with E-state index in [2.05, 4.69) is 4.72 Å². The van der Waals surface area contributed by atoms with Crippen LogP contribution in [0.25, 0.3) is 0 Å². The topological polar surface area (TPSA) is 46.2 Å². The Morgan fingerprint density at radius 3 is 2.23 bits per heavy atom. The van der Waals surface area contributed by atoms with Crippen LogP contribution in [-0.4, -0.2) is 8.42 Å². The van der Waals surface area contributed by atoms with Gasteiger partial charge in [-0.1, -0.05) is 84.4 Å². The van der Waals surface area contributed by atoms with Crippen LogP contribution in [0.5, 0.6) is 0 Å². The summed E-state index contributed by atoms with van der Waals surface area (Å²) in [6.45, 7) is 3.96. The van der Waals surface area contributed by atoms with Gasteiger partial charge in [0.2, 0.25) is 10.0 Å². The first-order valence-electron chi connectivity index (χ1n) is 8.61. The first-order valence-corrected chi connectivity index (χ1v) is 10.3. The zero-order valence-electron chi connectivity index (χ0n) is 15.0. The number of benzene rings is 3. The SMILES string of the molecule is Cc1cccc(CS(=O)(=O)N[C@H](c2ccccc2)c2ccccc2C)c1. The van der Waals surface area contributed by atoms with Gasteiger partial charge in [-0.2, -0.15) is 0 Å². The number of hydrogen-bond acceptors (Lipinski definition) is 2. The zero-order valence-corrected chi connectivity index (χ0v) is 15.8. The third kappa shape index (κ3) is 4.59. The maximum absolute atomic E-state index is 12.9. The largest absolute Gasteiger partial charge is 0.216 e. The van der Waals surface area contributed by atoms with Gasteiger partial charge in [0.25, 0.3) is 0 Å². The van der Waals surface area contributed by atoms with E-state index >= 15 is 0 Å². The third-order valence-corrected chi connectivity index (χ3v) is 5.68. The van der Waals surface area contributed by atoms with Gasteiger partial charge in [0, 0.05) is 0 Å². The van der Waals surface area contributed by atoms with E-state index in [1.807, 2.05) is 92.7 Å². The first kappa shape index (κ1) is 18.4. The highest BCUT2D eigenvalue weighted by atomic mass is 32.2. The van der Waals surface area contributed by atoms with Crippen LogP contribution >= 0.6 is 0 Å². The number of rotatable bonds is 6. The van der Waals surface area contributed by atoms with E-state index < -0.39 is 16.1 Å². The average Bonchev–Trinajstić information content (AvgIpc) is 2.61. The second kappa shape index (κ2) is 7.85. The molecule has 0 spiro atoms. The molecule has 0 radical (unpaired) electrons. The molecule has 0 saturated carbocycles. The summed E-state index contributed by atoms with van der Waals surface area (Å²) in [7, 11) is -3.51. The Labute approximate surface area is 155 Å². The van der Waals surface area contributed by atoms with E-state index in [9.17, 15) is 8.42 Å². The Hall–Kier alpha value is -2.43. The number of nitrogens with one attached hydrogen (secondary N) is 1. The standard InChI is InChI=1S/C22H23NO2S/c1-17-9-8-11-19(15-17)16-26(24,25)23-22(20-12-4-3-5-13-20)21-14-7-6-10-18(21)2/h3-15,22-23H,16H2,1-2H3/t22-/m1/s1. The molecule has 0 aliphatic rings. The minimum absolute atomic E-state index is 0.0378. The quantitative estimate of drug-likeness (QED) is 0.698. The molecule has 0 saturated heterocycles. The lowest BCUT2D eigenvalue weighted by Crippen LogP contribution is -2.31. The molecule has 0 aromatic heterocycles. The lowest BCUT2D eigenvalue weighted by molar-refractivity contribution is 0.571. The molecule has 0 unspecified atom stereocenters. The highest BCUT2D eigenvalue weighted by Crippen LogP contribution is 2.26. The van der Waals surface area contributed by atoms with Crippen molar-refractivity contribution in [2.45, 2.75) is 25.6 Å². The van der Waals surface area contributed by atoms with Crippen LogP contribution in [0.4, 0.5) is 0 Å². The van der Waals surface area contributed by atoms with Crippen molar-refractivity contribution in [2.75, 3.05) is 0 Å². The molecule has 0 heterocycles. The molecular weight excluding hydrogens is 342 g/mol. The van der Waals surface area contributed by atoms with E-state index in [0.29, 0.717) is 0 Å². The van der Waals surface area contributed by atoms with Crippen molar-refractivity contribution in [2.24, 2.45) is 0 Å². The Kier molecular flexibility index (Phi) is 5.55. The van der Waals surface area contributed by atoms with Crippen molar-refractivity contribution in [3.05, 3.63) is 107 Å². The van der Waals surface area contributed by atoms with Gasteiger partial charge in [-0.05, 0) is 36.1 Å². The minimum Gasteiger partial charge on any atom is -0.212 e. The molecular formula is C22H23NO2S. The van der Waals surface area contributed by atoms with Gasteiger partial charge in [-0.3, -0.25) is 0 Å². The van der Waals surface area contributed by atoms with Gasteiger partial charge in [-0.15, -0.1) is 0 Å². The van der Waals surface area contributed by atoms with E-state index in [-0.39, 0.29) is 5.75 Å². The number of hydrogen-bond donors (Lipinski definition) is 1. The van der Waals surface area contributed by atoms with Crippen LogP contribution in [0.15, 0.2) is 78.9 Å². The summed E-state index contributed by atoms with van der Waals surface area (Å²) >= 11 is 0. The maximum Gasteiger partial charge on any atom is 0.216 e. The first-order chi connectivity index (χ1) is 12.4. The molecule has 0 amide bonds. The van der Waals surface area contributed by atoms with E-state index in [1.165, 1.54) is 0 Å². The fourth-order valence-corrected chi connectivity index (χ4v) is 4.43. The van der Waals surface area contributed by atoms with E-state index in [4.69, 9.17) is 0 Å². The molecule has 26 heavy (non-hydrogen) atoms. The van der Waals surface area contributed by atoms with Gasteiger partial charge in [-0.25, -0.2) is 13.1 Å². The lowest BCUT2D eigenvalue weighted by Gasteiger charge is -2.21. The van der Waals surface area contributed by atoms with Crippen molar-refractivity contribution >= 4 is 10.0 Å². The van der Waals surface area contributed by atoms with E-state index in [0.717, 1.165) is 27.8 Å². The molecule has 4 heteroatoms. The van der Waals surface area contributed by atoms with Crippen LogP contribution in [0.3, 0.4) is 0 Å². The average molecular weight is 365 g/mol. The fraction of sp³-hybridized carbons (Fsp3) is 0.182. The van der Waals surface area contributed by atoms with Gasteiger partial charge in [0.1, 0.15) is 0 Å². The lowest BCUT2D eigenvalue weighted by atomic mass is 9.96. The molecule has 3 rings (SSSR count). The highest BCUT2D eigenvalue weighted by Gasteiger charge is 2.22. The fourth-order valence-electron chi connectivity index (χ4n) is 3.11. The predicted molar refractivity (Wildman–Crippen MR) is 106 cm³/mol. The predicted octanol–water partition coefficient (Wildman–Crippen LogP) is 4.51.